The maximum Gasteiger partial charge on any atom is 0.306 e. The number of aliphatic carboxylic acids is 1. The van der Waals surface area contributed by atoms with Crippen molar-refractivity contribution >= 4 is 11.9 Å². The molecular formula is C13H15NO4. The van der Waals surface area contributed by atoms with Crippen LogP contribution >= 0.6 is 0 Å². The predicted molar refractivity (Wildman–Crippen MR) is 64.7 cm³/mol. The summed E-state index contributed by atoms with van der Waals surface area (Å²) in [5.74, 6) is -0.501. The van der Waals surface area contributed by atoms with Crippen molar-refractivity contribution in [1.82, 2.24) is 5.32 Å². The lowest BCUT2D eigenvalue weighted by atomic mass is 10.2. The Bertz CT molecular complexity index is 454. The zero-order valence-corrected chi connectivity index (χ0v) is 9.89. The summed E-state index contributed by atoms with van der Waals surface area (Å²) in [5.41, 5.74) is 0.537. The summed E-state index contributed by atoms with van der Waals surface area (Å²) in [6.45, 7) is 0.100. The molecule has 1 saturated carbocycles. The Kier molecular flexibility index (Phi) is 3.82. The van der Waals surface area contributed by atoms with E-state index in [4.69, 9.17) is 9.84 Å². The third-order valence-electron chi connectivity index (χ3n) is 2.59. The summed E-state index contributed by atoms with van der Waals surface area (Å²) < 4.78 is 5.27. The van der Waals surface area contributed by atoms with Gasteiger partial charge in [0, 0.05) is 11.6 Å². The largest absolute Gasteiger partial charge is 0.493 e. The second-order valence-electron chi connectivity index (χ2n) is 4.27. The monoisotopic (exact) mass is 249 g/mol. The van der Waals surface area contributed by atoms with E-state index in [1.165, 1.54) is 0 Å². The number of hydrogen-bond acceptors (Lipinski definition) is 3. The van der Waals surface area contributed by atoms with Gasteiger partial charge in [0.15, 0.2) is 0 Å². The molecule has 96 valence electrons. The van der Waals surface area contributed by atoms with Gasteiger partial charge < -0.3 is 15.2 Å². The van der Waals surface area contributed by atoms with Crippen molar-refractivity contribution in [3.8, 4) is 5.75 Å². The molecule has 1 aliphatic rings. The first-order valence-corrected chi connectivity index (χ1v) is 5.90. The summed E-state index contributed by atoms with van der Waals surface area (Å²) in [4.78, 5) is 22.1. The van der Waals surface area contributed by atoms with Crippen molar-refractivity contribution in [2.75, 3.05) is 6.61 Å². The summed E-state index contributed by atoms with van der Waals surface area (Å²) in [5, 5.41) is 11.4. The molecule has 0 unspecified atom stereocenters. The third-order valence-corrected chi connectivity index (χ3v) is 2.59. The van der Waals surface area contributed by atoms with Crippen LogP contribution in [0.5, 0.6) is 5.75 Å². The number of ether oxygens (including phenoxy) is 1. The number of hydrogen-bond donors (Lipinski definition) is 2. The number of nitrogens with one attached hydrogen (secondary N) is 1. The van der Waals surface area contributed by atoms with Gasteiger partial charge in [0.05, 0.1) is 13.0 Å². The van der Waals surface area contributed by atoms with E-state index >= 15 is 0 Å². The fraction of sp³-hybridized carbons (Fsp3) is 0.385. The van der Waals surface area contributed by atoms with Crippen molar-refractivity contribution in [2.45, 2.75) is 25.3 Å². The van der Waals surface area contributed by atoms with Gasteiger partial charge in [-0.25, -0.2) is 0 Å². The highest BCUT2D eigenvalue weighted by Gasteiger charge is 2.23. The molecule has 0 bridgehead atoms. The number of benzene rings is 1. The van der Waals surface area contributed by atoms with Crippen molar-refractivity contribution in [2.24, 2.45) is 0 Å². The van der Waals surface area contributed by atoms with E-state index in [0.717, 1.165) is 12.8 Å². The Balaban J connectivity index is 1.91. The maximum absolute atomic E-state index is 11.8. The van der Waals surface area contributed by atoms with E-state index in [2.05, 4.69) is 5.32 Å². The average Bonchev–Trinajstić information content (AvgIpc) is 3.13. The number of amides is 1. The molecular weight excluding hydrogens is 234 g/mol. The molecule has 5 nitrogen and oxygen atoms in total. The number of carboxylic acids is 1. The van der Waals surface area contributed by atoms with Gasteiger partial charge in [-0.2, -0.15) is 0 Å². The normalized spacial score (nSPS) is 14.0. The molecule has 0 saturated heterocycles. The van der Waals surface area contributed by atoms with Crippen LogP contribution in [0.15, 0.2) is 24.3 Å². The third kappa shape index (κ3) is 3.76. The number of rotatable bonds is 6. The van der Waals surface area contributed by atoms with Crippen LogP contribution in [0.25, 0.3) is 0 Å². The lowest BCUT2D eigenvalue weighted by Crippen LogP contribution is -2.25. The minimum absolute atomic E-state index is 0.0570. The SMILES string of the molecule is O=C(O)CCOc1cccc(C(=O)NC2CC2)c1. The van der Waals surface area contributed by atoms with Gasteiger partial charge in [0.2, 0.25) is 0 Å². The van der Waals surface area contributed by atoms with Gasteiger partial charge in [-0.05, 0) is 31.0 Å². The highest BCUT2D eigenvalue weighted by Crippen LogP contribution is 2.20. The molecule has 1 amide bonds. The summed E-state index contributed by atoms with van der Waals surface area (Å²) in [7, 11) is 0. The molecule has 0 spiro atoms. The zero-order chi connectivity index (χ0) is 13.0. The molecule has 1 aromatic carbocycles. The fourth-order valence-corrected chi connectivity index (χ4v) is 1.48. The molecule has 1 aliphatic carbocycles. The molecule has 0 heterocycles. The van der Waals surface area contributed by atoms with Crippen LogP contribution in [0.3, 0.4) is 0 Å². The Labute approximate surface area is 105 Å². The van der Waals surface area contributed by atoms with Crippen LogP contribution in [0, 0.1) is 0 Å². The highest BCUT2D eigenvalue weighted by atomic mass is 16.5. The second-order valence-corrected chi connectivity index (χ2v) is 4.27. The summed E-state index contributed by atoms with van der Waals surface area (Å²) in [6.07, 6.45) is 2.03. The number of carbonyl (C=O) groups excluding carboxylic acids is 1. The Morgan fingerprint density at radius 1 is 1.39 bits per heavy atom. The van der Waals surface area contributed by atoms with Gasteiger partial charge in [-0.15, -0.1) is 0 Å². The second kappa shape index (κ2) is 5.53. The molecule has 0 atom stereocenters. The topological polar surface area (TPSA) is 75.6 Å². The van der Waals surface area contributed by atoms with Gasteiger partial charge in [-0.3, -0.25) is 9.59 Å². The molecule has 2 rings (SSSR count). The lowest BCUT2D eigenvalue weighted by Gasteiger charge is -2.07. The standard InChI is InChI=1S/C13H15NO4/c15-12(16)6-7-18-11-3-1-2-9(8-11)13(17)14-10-4-5-10/h1-3,8,10H,4-7H2,(H,14,17)(H,15,16). The molecule has 0 aromatic heterocycles. The Hall–Kier alpha value is -2.04. The number of carboxylic acid groups (broad SMARTS) is 1. The van der Waals surface area contributed by atoms with Gasteiger partial charge >= 0.3 is 5.97 Å². The first kappa shape index (κ1) is 12.4. The van der Waals surface area contributed by atoms with Crippen molar-refractivity contribution in [3.05, 3.63) is 29.8 Å². The average molecular weight is 249 g/mol. The van der Waals surface area contributed by atoms with E-state index in [0.29, 0.717) is 17.4 Å². The highest BCUT2D eigenvalue weighted by molar-refractivity contribution is 5.94. The summed E-state index contributed by atoms with van der Waals surface area (Å²) >= 11 is 0. The fourth-order valence-electron chi connectivity index (χ4n) is 1.48. The molecule has 1 fully saturated rings. The van der Waals surface area contributed by atoms with Crippen molar-refractivity contribution in [1.29, 1.82) is 0 Å². The molecule has 5 heteroatoms. The van der Waals surface area contributed by atoms with E-state index in [1.54, 1.807) is 24.3 Å². The number of carbonyl (C=O) groups is 2. The first-order valence-electron chi connectivity index (χ1n) is 5.90. The van der Waals surface area contributed by atoms with Crippen molar-refractivity contribution < 1.29 is 19.4 Å². The van der Waals surface area contributed by atoms with Crippen LogP contribution in [-0.4, -0.2) is 29.6 Å². The van der Waals surface area contributed by atoms with Crippen LogP contribution in [0.1, 0.15) is 29.6 Å². The molecule has 0 aliphatic heterocycles. The van der Waals surface area contributed by atoms with Gasteiger partial charge in [-0.1, -0.05) is 6.07 Å². The lowest BCUT2D eigenvalue weighted by molar-refractivity contribution is -0.137. The van der Waals surface area contributed by atoms with Crippen LogP contribution in [-0.2, 0) is 4.79 Å². The van der Waals surface area contributed by atoms with Crippen LogP contribution in [0.4, 0.5) is 0 Å². The van der Waals surface area contributed by atoms with Crippen molar-refractivity contribution in [3.63, 3.8) is 0 Å². The summed E-state index contributed by atoms with van der Waals surface area (Å²) in [6, 6.07) is 7.07. The predicted octanol–water partition coefficient (Wildman–Crippen LogP) is 1.43. The minimum atomic E-state index is -0.905. The first-order chi connectivity index (χ1) is 8.65. The van der Waals surface area contributed by atoms with E-state index in [1.807, 2.05) is 0 Å². The molecule has 2 N–H and O–H groups in total. The molecule has 18 heavy (non-hydrogen) atoms. The minimum Gasteiger partial charge on any atom is -0.493 e. The van der Waals surface area contributed by atoms with E-state index in [9.17, 15) is 9.59 Å². The zero-order valence-electron chi connectivity index (χ0n) is 9.89. The van der Waals surface area contributed by atoms with Crippen LogP contribution < -0.4 is 10.1 Å². The Morgan fingerprint density at radius 2 is 2.17 bits per heavy atom. The maximum atomic E-state index is 11.8. The van der Waals surface area contributed by atoms with E-state index in [-0.39, 0.29) is 18.9 Å². The quantitative estimate of drug-likeness (QED) is 0.799. The smallest absolute Gasteiger partial charge is 0.306 e. The van der Waals surface area contributed by atoms with E-state index < -0.39 is 5.97 Å². The van der Waals surface area contributed by atoms with Gasteiger partial charge in [0.25, 0.3) is 5.91 Å². The van der Waals surface area contributed by atoms with Gasteiger partial charge in [0.1, 0.15) is 5.75 Å². The Morgan fingerprint density at radius 3 is 2.83 bits per heavy atom. The molecule has 1 aromatic rings. The molecule has 0 radical (unpaired) electrons. The van der Waals surface area contributed by atoms with Crippen LogP contribution in [0.2, 0.25) is 0 Å².